The summed E-state index contributed by atoms with van der Waals surface area (Å²) >= 11 is 5.22. The van der Waals surface area contributed by atoms with Crippen molar-refractivity contribution in [2.24, 2.45) is 0 Å². The first-order valence-electron chi connectivity index (χ1n) is 3.94. The molecule has 0 saturated heterocycles. The van der Waals surface area contributed by atoms with Crippen LogP contribution in [0.2, 0.25) is 0 Å². The lowest BCUT2D eigenvalue weighted by molar-refractivity contribution is -0.529. The minimum absolute atomic E-state index is 0.210. The Morgan fingerprint density at radius 2 is 1.93 bits per heavy atom. The van der Waals surface area contributed by atoms with E-state index in [1.807, 2.05) is 0 Å². The predicted octanol–water partition coefficient (Wildman–Crippen LogP) is 0.621. The van der Waals surface area contributed by atoms with Gasteiger partial charge in [-0.25, -0.2) is 4.55 Å². The molecule has 0 aliphatic carbocycles. The average molecular weight is 251 g/mol. The van der Waals surface area contributed by atoms with Crippen LogP contribution < -0.4 is 3.97 Å². The first-order valence-corrected chi connectivity index (χ1v) is 5.72. The molecule has 15 heavy (non-hydrogen) atoms. The molecule has 0 aliphatic rings. The van der Waals surface area contributed by atoms with E-state index in [1.54, 1.807) is 6.92 Å². The standard InChI is InChI=1S/C8H8ClNO4S/c1-5-3-6(2)10(15(12,13)14)7(4-5)8(9)11/h3-4H,1-2H3/p+1. The van der Waals surface area contributed by atoms with E-state index in [9.17, 15) is 13.2 Å². The number of hydrogen-bond donors (Lipinski definition) is 1. The number of rotatable bonds is 2. The molecule has 0 amide bonds. The van der Waals surface area contributed by atoms with E-state index in [0.717, 1.165) is 0 Å². The number of carbonyl (C=O) groups excluding carboxylic acids is 1. The number of nitrogens with zero attached hydrogens (tertiary/aromatic N) is 1. The lowest BCUT2D eigenvalue weighted by atomic mass is 10.2. The summed E-state index contributed by atoms with van der Waals surface area (Å²) in [7, 11) is -4.51. The van der Waals surface area contributed by atoms with Gasteiger partial charge in [-0.15, -0.1) is 8.42 Å². The van der Waals surface area contributed by atoms with Crippen molar-refractivity contribution in [1.82, 2.24) is 0 Å². The molecule has 1 aromatic rings. The van der Waals surface area contributed by atoms with Crippen molar-refractivity contribution < 1.29 is 21.7 Å². The average Bonchev–Trinajstić information content (AvgIpc) is 1.99. The highest BCUT2D eigenvalue weighted by Crippen LogP contribution is 2.06. The Bertz CT molecular complexity index is 524. The quantitative estimate of drug-likeness (QED) is 0.474. The van der Waals surface area contributed by atoms with Gasteiger partial charge in [0, 0.05) is 19.1 Å². The largest absolute Gasteiger partial charge is 0.512 e. The first-order chi connectivity index (χ1) is 6.73. The van der Waals surface area contributed by atoms with Crippen molar-refractivity contribution in [1.29, 1.82) is 0 Å². The Kier molecular flexibility index (Phi) is 3.13. The van der Waals surface area contributed by atoms with Gasteiger partial charge in [-0.05, 0) is 24.1 Å². The van der Waals surface area contributed by atoms with E-state index in [4.69, 9.17) is 16.2 Å². The maximum atomic E-state index is 11.0. The summed E-state index contributed by atoms with van der Waals surface area (Å²) in [5, 5.41) is -0.945. The molecule has 5 nitrogen and oxygen atoms in total. The molecule has 82 valence electrons. The van der Waals surface area contributed by atoms with Crippen LogP contribution in [0.15, 0.2) is 12.1 Å². The van der Waals surface area contributed by atoms with E-state index in [1.165, 1.54) is 19.1 Å². The van der Waals surface area contributed by atoms with Crippen LogP contribution >= 0.6 is 11.6 Å². The zero-order valence-corrected chi connectivity index (χ0v) is 9.63. The molecule has 0 aromatic carbocycles. The Labute approximate surface area is 92.2 Å². The van der Waals surface area contributed by atoms with Crippen LogP contribution in [0, 0.1) is 13.8 Å². The molecule has 0 bridgehead atoms. The third-order valence-electron chi connectivity index (χ3n) is 1.77. The van der Waals surface area contributed by atoms with Gasteiger partial charge in [-0.3, -0.25) is 4.79 Å². The maximum absolute atomic E-state index is 11.0. The second kappa shape index (κ2) is 3.88. The summed E-state index contributed by atoms with van der Waals surface area (Å²) in [5.41, 5.74) is 0.606. The molecule has 0 saturated carbocycles. The van der Waals surface area contributed by atoms with Crippen molar-refractivity contribution >= 4 is 27.1 Å². The third-order valence-corrected chi connectivity index (χ3v) is 2.91. The van der Waals surface area contributed by atoms with Crippen LogP contribution in [-0.2, 0) is 10.3 Å². The van der Waals surface area contributed by atoms with Crippen LogP contribution in [0.5, 0.6) is 0 Å². The van der Waals surface area contributed by atoms with Gasteiger partial charge in [0.2, 0.25) is 5.69 Å². The molecular formula is C8H9ClNO4S+. The van der Waals surface area contributed by atoms with Crippen molar-refractivity contribution in [2.45, 2.75) is 13.8 Å². The van der Waals surface area contributed by atoms with Gasteiger partial charge in [0.25, 0.3) is 5.69 Å². The Balaban J connectivity index is 3.70. The summed E-state index contributed by atoms with van der Waals surface area (Å²) in [4.78, 5) is 11.0. The summed E-state index contributed by atoms with van der Waals surface area (Å²) in [6, 6.07) is 2.80. The van der Waals surface area contributed by atoms with Crippen LogP contribution in [0.1, 0.15) is 21.7 Å². The highest BCUT2D eigenvalue weighted by atomic mass is 35.5. The topological polar surface area (TPSA) is 75.3 Å². The van der Waals surface area contributed by atoms with Crippen molar-refractivity contribution in [3.05, 3.63) is 29.1 Å². The molecule has 1 rings (SSSR count). The van der Waals surface area contributed by atoms with Crippen molar-refractivity contribution in [3.8, 4) is 0 Å². The highest BCUT2D eigenvalue weighted by molar-refractivity contribution is 7.79. The molecule has 7 heteroatoms. The van der Waals surface area contributed by atoms with Gasteiger partial charge in [0.1, 0.15) is 0 Å². The maximum Gasteiger partial charge on any atom is 0.512 e. The summed E-state index contributed by atoms with van der Waals surface area (Å²) in [5.74, 6) is 0. The minimum atomic E-state index is -4.51. The molecule has 0 radical (unpaired) electrons. The van der Waals surface area contributed by atoms with Gasteiger partial charge in [-0.2, -0.15) is 0 Å². The number of aryl methyl sites for hydroxylation is 2. The van der Waals surface area contributed by atoms with Gasteiger partial charge in [0.15, 0.2) is 0 Å². The predicted molar refractivity (Wildman–Crippen MR) is 53.2 cm³/mol. The molecule has 0 atom stereocenters. The lowest BCUT2D eigenvalue weighted by Crippen LogP contribution is -2.49. The zero-order valence-electron chi connectivity index (χ0n) is 8.06. The second-order valence-corrected chi connectivity index (χ2v) is 4.68. The zero-order chi connectivity index (χ0) is 11.8. The van der Waals surface area contributed by atoms with Gasteiger partial charge >= 0.3 is 15.5 Å². The highest BCUT2D eigenvalue weighted by Gasteiger charge is 2.30. The van der Waals surface area contributed by atoms with E-state index >= 15 is 0 Å². The summed E-state index contributed by atoms with van der Waals surface area (Å²) in [6.07, 6.45) is 0. The number of halogens is 1. The molecule has 0 fully saturated rings. The van der Waals surface area contributed by atoms with Crippen LogP contribution in [-0.4, -0.2) is 18.2 Å². The molecule has 1 heterocycles. The molecule has 1 N–H and O–H groups in total. The lowest BCUT2D eigenvalue weighted by Gasteiger charge is -2.00. The fourth-order valence-corrected chi connectivity index (χ4v) is 2.33. The van der Waals surface area contributed by atoms with Crippen LogP contribution in [0.25, 0.3) is 0 Å². The van der Waals surface area contributed by atoms with E-state index in [0.29, 0.717) is 9.54 Å². The Morgan fingerprint density at radius 1 is 1.40 bits per heavy atom. The molecule has 1 aromatic heterocycles. The molecule has 0 spiro atoms. The Hall–Kier alpha value is -0.980. The number of pyridine rings is 1. The van der Waals surface area contributed by atoms with E-state index in [2.05, 4.69) is 0 Å². The summed E-state index contributed by atoms with van der Waals surface area (Å²) in [6.45, 7) is 3.13. The third kappa shape index (κ3) is 2.53. The molecule has 0 aliphatic heterocycles. The van der Waals surface area contributed by atoms with Gasteiger partial charge in [-0.1, -0.05) is 3.97 Å². The smallest absolute Gasteiger partial charge is 0.269 e. The number of hydrogen-bond acceptors (Lipinski definition) is 3. The minimum Gasteiger partial charge on any atom is -0.269 e. The van der Waals surface area contributed by atoms with Crippen molar-refractivity contribution in [3.63, 3.8) is 0 Å². The van der Waals surface area contributed by atoms with Crippen LogP contribution in [0.3, 0.4) is 0 Å². The number of carbonyl (C=O) groups is 1. The monoisotopic (exact) mass is 250 g/mol. The normalized spacial score (nSPS) is 11.5. The molecule has 0 unspecified atom stereocenters. The fourth-order valence-electron chi connectivity index (χ4n) is 1.34. The number of aromatic nitrogens is 1. The Morgan fingerprint density at radius 3 is 2.33 bits per heavy atom. The van der Waals surface area contributed by atoms with Gasteiger partial charge in [0.05, 0.1) is 0 Å². The first kappa shape index (κ1) is 12.1. The van der Waals surface area contributed by atoms with Crippen LogP contribution in [0.4, 0.5) is 0 Å². The second-order valence-electron chi connectivity index (χ2n) is 3.08. The van der Waals surface area contributed by atoms with Crippen molar-refractivity contribution in [2.75, 3.05) is 0 Å². The van der Waals surface area contributed by atoms with Gasteiger partial charge < -0.3 is 0 Å². The fraction of sp³-hybridized carbons (Fsp3) is 0.250. The van der Waals surface area contributed by atoms with E-state index in [-0.39, 0.29) is 11.4 Å². The SMILES string of the molecule is Cc1cc(C)[n+](S(=O)(=O)O)c(C(=O)Cl)c1. The molecular weight excluding hydrogens is 242 g/mol. The summed E-state index contributed by atoms with van der Waals surface area (Å²) < 4.78 is 31.4. The van der Waals surface area contributed by atoms with E-state index < -0.39 is 15.5 Å².